The van der Waals surface area contributed by atoms with Gasteiger partial charge in [0.1, 0.15) is 6.10 Å². The second-order valence-corrected chi connectivity index (χ2v) is 5.55. The van der Waals surface area contributed by atoms with Crippen molar-refractivity contribution < 1.29 is 24.1 Å². The lowest BCUT2D eigenvalue weighted by molar-refractivity contribution is -0.149. The lowest BCUT2D eigenvalue weighted by atomic mass is 10.0. The molecule has 2 fully saturated rings. The van der Waals surface area contributed by atoms with Gasteiger partial charge in [-0.15, -0.1) is 6.58 Å². The predicted octanol–water partition coefficient (Wildman–Crippen LogP) is 1.58. The summed E-state index contributed by atoms with van der Waals surface area (Å²) in [6.07, 6.45) is 3.16. The highest BCUT2D eigenvalue weighted by molar-refractivity contribution is 5.66. The summed E-state index contributed by atoms with van der Waals surface area (Å²) in [6, 6.07) is 0. The predicted molar refractivity (Wildman–Crippen MR) is 73.2 cm³/mol. The minimum Gasteiger partial charge on any atom is -0.460 e. The number of carbonyl (C=O) groups is 1. The summed E-state index contributed by atoms with van der Waals surface area (Å²) in [6.45, 7) is 7.09. The van der Waals surface area contributed by atoms with Crippen LogP contribution in [0.2, 0.25) is 0 Å². The van der Waals surface area contributed by atoms with Gasteiger partial charge in [0, 0.05) is 19.8 Å². The Balaban J connectivity index is 1.94. The Morgan fingerprint density at radius 3 is 2.60 bits per heavy atom. The lowest BCUT2D eigenvalue weighted by Gasteiger charge is -2.19. The molecule has 1 N–H and O–H groups in total. The minimum atomic E-state index is -0.477. The van der Waals surface area contributed by atoms with Gasteiger partial charge in [-0.2, -0.15) is 0 Å². The summed E-state index contributed by atoms with van der Waals surface area (Å²) in [5.74, 6) is -0.283. The van der Waals surface area contributed by atoms with E-state index >= 15 is 0 Å². The van der Waals surface area contributed by atoms with E-state index in [2.05, 4.69) is 6.58 Å². The summed E-state index contributed by atoms with van der Waals surface area (Å²) in [7, 11) is 0. The molecule has 0 radical (unpaired) electrons. The second-order valence-electron chi connectivity index (χ2n) is 5.55. The first kappa shape index (κ1) is 15.5. The third kappa shape index (κ3) is 3.40. The monoisotopic (exact) mass is 284 g/mol. The number of aliphatic hydroxyl groups is 1. The molecule has 0 bridgehead atoms. The fraction of sp³-hybridized carbons (Fsp3) is 0.800. The molecule has 0 unspecified atom stereocenters. The van der Waals surface area contributed by atoms with Gasteiger partial charge in [0.15, 0.2) is 0 Å². The van der Waals surface area contributed by atoms with Crippen LogP contribution in [0.3, 0.4) is 0 Å². The Bertz CT molecular complexity index is 356. The topological polar surface area (TPSA) is 65.0 Å². The average molecular weight is 284 g/mol. The van der Waals surface area contributed by atoms with E-state index in [-0.39, 0.29) is 36.5 Å². The van der Waals surface area contributed by atoms with Crippen LogP contribution in [0.4, 0.5) is 0 Å². The van der Waals surface area contributed by atoms with Crippen molar-refractivity contribution in [2.45, 2.75) is 76.2 Å². The molecule has 0 aromatic heterocycles. The molecule has 20 heavy (non-hydrogen) atoms. The highest BCUT2D eigenvalue weighted by atomic mass is 16.6. The molecular weight excluding hydrogens is 260 g/mol. The third-order valence-electron chi connectivity index (χ3n) is 4.01. The Kier molecular flexibility index (Phi) is 5.18. The van der Waals surface area contributed by atoms with Gasteiger partial charge in [-0.3, -0.25) is 4.79 Å². The van der Waals surface area contributed by atoms with Gasteiger partial charge in [-0.25, -0.2) is 0 Å². The van der Waals surface area contributed by atoms with Gasteiger partial charge in [-0.05, 0) is 12.8 Å². The summed E-state index contributed by atoms with van der Waals surface area (Å²) in [5.41, 5.74) is 0. The molecule has 0 aromatic rings. The maximum atomic E-state index is 11.1. The first-order chi connectivity index (χ1) is 9.55. The maximum absolute atomic E-state index is 11.1. The molecule has 2 heterocycles. The van der Waals surface area contributed by atoms with Crippen molar-refractivity contribution in [3.05, 3.63) is 12.7 Å². The number of esters is 1. The van der Waals surface area contributed by atoms with Gasteiger partial charge in [0.25, 0.3) is 0 Å². The fourth-order valence-corrected chi connectivity index (χ4v) is 3.06. The van der Waals surface area contributed by atoms with Crippen molar-refractivity contribution in [3.63, 3.8) is 0 Å². The van der Waals surface area contributed by atoms with Gasteiger partial charge in [0.05, 0.1) is 30.5 Å². The van der Waals surface area contributed by atoms with Crippen molar-refractivity contribution in [3.8, 4) is 0 Å². The van der Waals surface area contributed by atoms with Gasteiger partial charge < -0.3 is 19.3 Å². The molecule has 5 nitrogen and oxygen atoms in total. The van der Waals surface area contributed by atoms with Crippen LogP contribution < -0.4 is 0 Å². The van der Waals surface area contributed by atoms with E-state index in [1.165, 1.54) is 6.92 Å². The molecule has 114 valence electrons. The number of carbonyl (C=O) groups excluding carboxylic acids is 1. The first-order valence-corrected chi connectivity index (χ1v) is 7.32. The highest BCUT2D eigenvalue weighted by Crippen LogP contribution is 2.34. The summed E-state index contributed by atoms with van der Waals surface area (Å²) in [4.78, 5) is 11.1. The Morgan fingerprint density at radius 2 is 2.00 bits per heavy atom. The number of aliphatic hydroxyl groups excluding tert-OH is 1. The first-order valence-electron chi connectivity index (χ1n) is 7.32. The minimum absolute atomic E-state index is 0.0805. The second kappa shape index (κ2) is 6.70. The van der Waals surface area contributed by atoms with Crippen molar-refractivity contribution in [2.24, 2.45) is 0 Å². The van der Waals surface area contributed by atoms with Gasteiger partial charge in [0.2, 0.25) is 0 Å². The third-order valence-corrected chi connectivity index (χ3v) is 4.01. The van der Waals surface area contributed by atoms with Crippen LogP contribution in [0.15, 0.2) is 12.7 Å². The molecule has 0 aliphatic carbocycles. The van der Waals surface area contributed by atoms with Crippen LogP contribution in [0.1, 0.15) is 39.5 Å². The Morgan fingerprint density at radius 1 is 1.35 bits per heavy atom. The van der Waals surface area contributed by atoms with Crippen molar-refractivity contribution >= 4 is 5.97 Å². The van der Waals surface area contributed by atoms with Crippen molar-refractivity contribution in [1.29, 1.82) is 0 Å². The molecule has 0 spiro atoms. The molecule has 0 saturated carbocycles. The normalized spacial score (nSPS) is 40.8. The van der Waals surface area contributed by atoms with Crippen LogP contribution in [-0.2, 0) is 19.0 Å². The highest BCUT2D eigenvalue weighted by Gasteiger charge is 2.45. The number of hydrogen-bond acceptors (Lipinski definition) is 5. The molecule has 2 aliphatic rings. The molecule has 2 aliphatic heterocycles. The van der Waals surface area contributed by atoms with E-state index < -0.39 is 6.10 Å². The Hall–Kier alpha value is -0.910. The molecule has 5 heteroatoms. The largest absolute Gasteiger partial charge is 0.460 e. The van der Waals surface area contributed by atoms with E-state index in [0.717, 1.165) is 6.42 Å². The van der Waals surface area contributed by atoms with E-state index in [9.17, 15) is 9.90 Å². The van der Waals surface area contributed by atoms with E-state index in [4.69, 9.17) is 14.2 Å². The lowest BCUT2D eigenvalue weighted by Crippen LogP contribution is -2.26. The molecule has 0 amide bonds. The van der Waals surface area contributed by atoms with Crippen molar-refractivity contribution in [1.82, 2.24) is 0 Å². The fourth-order valence-electron chi connectivity index (χ4n) is 3.06. The van der Waals surface area contributed by atoms with Crippen LogP contribution in [-0.4, -0.2) is 47.7 Å². The summed E-state index contributed by atoms with van der Waals surface area (Å²) < 4.78 is 17.1. The standard InChI is InChI=1S/C15H24O5/c1-4-6-12-10(17)7-13(20-12)15-8-14(18-9(3)16)11(5-2)19-15/h4,10-15,17H,1,5-8H2,2-3H3/t10-,11+,12-,13-,14+,15+/m0/s1. The zero-order valence-corrected chi connectivity index (χ0v) is 12.2. The SMILES string of the molecule is C=CC[C@@H]1O[C@H]([C@H]2C[C@@H](OC(C)=O)[C@@H](CC)O2)C[C@@H]1O. The smallest absolute Gasteiger partial charge is 0.302 e. The number of ether oxygens (including phenoxy) is 3. The Labute approximate surface area is 119 Å². The van der Waals surface area contributed by atoms with E-state index in [1.807, 2.05) is 6.92 Å². The number of hydrogen-bond donors (Lipinski definition) is 1. The van der Waals surface area contributed by atoms with Crippen LogP contribution in [0.25, 0.3) is 0 Å². The molecular formula is C15H24O5. The van der Waals surface area contributed by atoms with E-state index in [0.29, 0.717) is 19.3 Å². The quantitative estimate of drug-likeness (QED) is 0.613. The number of rotatable bonds is 5. The summed E-state index contributed by atoms with van der Waals surface area (Å²) >= 11 is 0. The maximum Gasteiger partial charge on any atom is 0.302 e. The van der Waals surface area contributed by atoms with Crippen molar-refractivity contribution in [2.75, 3.05) is 0 Å². The summed E-state index contributed by atoms with van der Waals surface area (Å²) in [5, 5.41) is 9.97. The van der Waals surface area contributed by atoms with Crippen LogP contribution in [0.5, 0.6) is 0 Å². The van der Waals surface area contributed by atoms with Crippen LogP contribution >= 0.6 is 0 Å². The molecule has 6 atom stereocenters. The molecule has 2 saturated heterocycles. The average Bonchev–Trinajstić information content (AvgIpc) is 2.94. The molecule has 2 rings (SSSR count). The zero-order valence-electron chi connectivity index (χ0n) is 12.2. The molecule has 0 aromatic carbocycles. The zero-order chi connectivity index (χ0) is 14.7. The van der Waals surface area contributed by atoms with Crippen LogP contribution in [0, 0.1) is 0 Å². The van der Waals surface area contributed by atoms with E-state index in [1.54, 1.807) is 6.08 Å². The van der Waals surface area contributed by atoms with Gasteiger partial charge >= 0.3 is 5.97 Å². The van der Waals surface area contributed by atoms with Gasteiger partial charge in [-0.1, -0.05) is 13.0 Å².